The zero-order valence-electron chi connectivity index (χ0n) is 16.3. The van der Waals surface area contributed by atoms with Crippen LogP contribution in [-0.4, -0.2) is 41.2 Å². The Morgan fingerprint density at radius 1 is 1.14 bits per heavy atom. The number of carbonyl (C=O) groups excluding carboxylic acids is 2. The van der Waals surface area contributed by atoms with Crippen molar-refractivity contribution >= 4 is 33.7 Å². The van der Waals surface area contributed by atoms with Crippen molar-refractivity contribution in [2.75, 3.05) is 18.6 Å². The fourth-order valence-corrected chi connectivity index (χ4v) is 3.40. The van der Waals surface area contributed by atoms with Gasteiger partial charge in [0.05, 0.1) is 11.6 Å². The van der Waals surface area contributed by atoms with Crippen molar-refractivity contribution in [2.45, 2.75) is 39.3 Å². The van der Waals surface area contributed by atoms with E-state index < -0.39 is 17.5 Å². The highest BCUT2D eigenvalue weighted by Crippen LogP contribution is 2.28. The third kappa shape index (κ3) is 4.32. The summed E-state index contributed by atoms with van der Waals surface area (Å²) in [7, 11) is 1.34. The Hall–Kier alpha value is -2.48. The Balaban J connectivity index is 1.91. The molecule has 3 rings (SSSR count). The van der Waals surface area contributed by atoms with E-state index in [0.717, 1.165) is 17.5 Å². The van der Waals surface area contributed by atoms with Gasteiger partial charge in [-0.05, 0) is 66.9 Å². The number of fused-ring (bicyclic) bond motifs is 1. The average molecular weight is 448 g/mol. The summed E-state index contributed by atoms with van der Waals surface area (Å²) in [5, 5.41) is 0. The van der Waals surface area contributed by atoms with Crippen LogP contribution in [0.5, 0.6) is 0 Å². The van der Waals surface area contributed by atoms with Gasteiger partial charge in [0, 0.05) is 24.8 Å². The largest absolute Gasteiger partial charge is 0.464 e. The number of pyridine rings is 2. The van der Waals surface area contributed by atoms with Crippen LogP contribution in [0.1, 0.15) is 52.9 Å². The Kier molecular flexibility index (Phi) is 5.69. The van der Waals surface area contributed by atoms with Crippen LogP contribution >= 0.6 is 15.9 Å². The molecule has 2 aromatic heterocycles. The van der Waals surface area contributed by atoms with Crippen LogP contribution in [0.15, 0.2) is 28.9 Å². The molecule has 148 valence electrons. The van der Waals surface area contributed by atoms with Crippen LogP contribution in [0.2, 0.25) is 0 Å². The zero-order chi connectivity index (χ0) is 20.5. The molecule has 0 bridgehead atoms. The summed E-state index contributed by atoms with van der Waals surface area (Å²) in [6, 6.07) is 5.53. The number of rotatable bonds is 3. The highest BCUT2D eigenvalue weighted by molar-refractivity contribution is 9.10. The van der Waals surface area contributed by atoms with Gasteiger partial charge in [-0.15, -0.1) is 0 Å². The summed E-state index contributed by atoms with van der Waals surface area (Å²) in [6.45, 7) is 6.60. The van der Waals surface area contributed by atoms with E-state index >= 15 is 0 Å². The third-order valence-electron chi connectivity index (χ3n) is 4.28. The van der Waals surface area contributed by atoms with Gasteiger partial charge in [0.25, 0.3) is 0 Å². The minimum absolute atomic E-state index is 0.220. The minimum atomic E-state index is -0.612. The molecule has 1 aliphatic rings. The third-order valence-corrected chi connectivity index (χ3v) is 4.92. The molecule has 0 radical (unpaired) electrons. The minimum Gasteiger partial charge on any atom is -0.464 e. The van der Waals surface area contributed by atoms with Crippen molar-refractivity contribution in [1.82, 2.24) is 9.97 Å². The molecule has 0 unspecified atom stereocenters. The molecule has 3 heterocycles. The van der Waals surface area contributed by atoms with Crippen molar-refractivity contribution in [2.24, 2.45) is 0 Å². The molecule has 1 aliphatic heterocycles. The molecule has 8 heteroatoms. The van der Waals surface area contributed by atoms with Gasteiger partial charge in [0.1, 0.15) is 11.4 Å². The molecule has 28 heavy (non-hydrogen) atoms. The second kappa shape index (κ2) is 7.87. The van der Waals surface area contributed by atoms with Gasteiger partial charge in [-0.3, -0.25) is 0 Å². The van der Waals surface area contributed by atoms with E-state index in [0.29, 0.717) is 29.1 Å². The monoisotopic (exact) mass is 447 g/mol. The lowest BCUT2D eigenvalue weighted by atomic mass is 9.99. The number of nitrogens with zero attached hydrogens (tertiary/aromatic N) is 3. The molecule has 0 amide bonds. The van der Waals surface area contributed by atoms with Gasteiger partial charge < -0.3 is 14.4 Å². The van der Waals surface area contributed by atoms with Gasteiger partial charge in [-0.25, -0.2) is 19.6 Å². The van der Waals surface area contributed by atoms with E-state index in [1.807, 2.05) is 37.8 Å². The first-order valence-corrected chi connectivity index (χ1v) is 9.69. The second-order valence-electron chi connectivity index (χ2n) is 7.46. The first-order chi connectivity index (χ1) is 13.2. The topological polar surface area (TPSA) is 81.6 Å². The van der Waals surface area contributed by atoms with Crippen molar-refractivity contribution in [3.8, 4) is 0 Å². The SMILES string of the molecule is COC(=O)c1nccc2c1CN(c1ccc(Br)c(C(=O)OC(C)(C)C)n1)CC2. The molecule has 0 aliphatic carbocycles. The molecule has 0 saturated heterocycles. The van der Waals surface area contributed by atoms with Gasteiger partial charge in [-0.1, -0.05) is 0 Å². The molecule has 0 aromatic carbocycles. The molecule has 7 nitrogen and oxygen atoms in total. The predicted molar refractivity (Wildman–Crippen MR) is 107 cm³/mol. The summed E-state index contributed by atoms with van der Waals surface area (Å²) in [6.07, 6.45) is 2.36. The number of ether oxygens (including phenoxy) is 2. The predicted octanol–water partition coefficient (Wildman–Crippen LogP) is 3.54. The lowest BCUT2D eigenvalue weighted by Crippen LogP contribution is -2.33. The number of hydrogen-bond donors (Lipinski definition) is 0. The van der Waals surface area contributed by atoms with Crippen LogP contribution in [0.4, 0.5) is 5.82 Å². The average Bonchev–Trinajstić information content (AvgIpc) is 2.65. The van der Waals surface area contributed by atoms with Gasteiger partial charge in [-0.2, -0.15) is 0 Å². The van der Waals surface area contributed by atoms with Crippen molar-refractivity contribution < 1.29 is 19.1 Å². The summed E-state index contributed by atoms with van der Waals surface area (Å²) >= 11 is 3.38. The van der Waals surface area contributed by atoms with Crippen molar-refractivity contribution in [1.29, 1.82) is 0 Å². The number of carbonyl (C=O) groups is 2. The Morgan fingerprint density at radius 2 is 1.89 bits per heavy atom. The maximum absolute atomic E-state index is 12.5. The zero-order valence-corrected chi connectivity index (χ0v) is 17.9. The maximum atomic E-state index is 12.5. The van der Waals surface area contributed by atoms with Crippen LogP contribution in [0.25, 0.3) is 0 Å². The Labute approximate surface area is 172 Å². The lowest BCUT2D eigenvalue weighted by Gasteiger charge is -2.30. The summed E-state index contributed by atoms with van der Waals surface area (Å²) in [5.74, 6) is -0.318. The van der Waals surface area contributed by atoms with E-state index in [1.165, 1.54) is 7.11 Å². The number of methoxy groups -OCH3 is 1. The van der Waals surface area contributed by atoms with Crippen LogP contribution < -0.4 is 4.90 Å². The summed E-state index contributed by atoms with van der Waals surface area (Å²) < 4.78 is 10.9. The molecule has 0 saturated carbocycles. The first kappa shape index (κ1) is 20.3. The standard InChI is InChI=1S/C20H22BrN3O4/c1-20(2,3)28-19(26)17-14(21)5-6-15(23-17)24-10-8-12-7-9-22-16(13(12)11-24)18(25)27-4/h5-7,9H,8,10-11H2,1-4H3. The number of hydrogen-bond acceptors (Lipinski definition) is 7. The van der Waals surface area contributed by atoms with Crippen LogP contribution in [-0.2, 0) is 22.4 Å². The molecule has 0 spiro atoms. The van der Waals surface area contributed by atoms with E-state index in [4.69, 9.17) is 9.47 Å². The van der Waals surface area contributed by atoms with E-state index in [-0.39, 0.29) is 5.69 Å². The molecule has 0 atom stereocenters. The molecule has 0 N–H and O–H groups in total. The normalized spacial score (nSPS) is 13.7. The van der Waals surface area contributed by atoms with E-state index in [9.17, 15) is 9.59 Å². The van der Waals surface area contributed by atoms with Crippen LogP contribution in [0.3, 0.4) is 0 Å². The number of aromatic nitrogens is 2. The summed E-state index contributed by atoms with van der Waals surface area (Å²) in [4.78, 5) is 35.3. The smallest absolute Gasteiger partial charge is 0.358 e. The van der Waals surface area contributed by atoms with Crippen molar-refractivity contribution in [3.05, 3.63) is 51.4 Å². The Morgan fingerprint density at radius 3 is 2.57 bits per heavy atom. The maximum Gasteiger partial charge on any atom is 0.358 e. The lowest BCUT2D eigenvalue weighted by molar-refractivity contribution is 0.00616. The van der Waals surface area contributed by atoms with Gasteiger partial charge in [0.2, 0.25) is 0 Å². The van der Waals surface area contributed by atoms with E-state index in [2.05, 4.69) is 25.9 Å². The van der Waals surface area contributed by atoms with Crippen molar-refractivity contribution in [3.63, 3.8) is 0 Å². The highest BCUT2D eigenvalue weighted by Gasteiger charge is 2.26. The number of esters is 2. The van der Waals surface area contributed by atoms with E-state index in [1.54, 1.807) is 12.3 Å². The summed E-state index contributed by atoms with van der Waals surface area (Å²) in [5.41, 5.74) is 1.81. The first-order valence-electron chi connectivity index (χ1n) is 8.89. The molecular weight excluding hydrogens is 426 g/mol. The molecular formula is C20H22BrN3O4. The Bertz CT molecular complexity index is 924. The number of anilines is 1. The highest BCUT2D eigenvalue weighted by atomic mass is 79.9. The number of halogens is 1. The quantitative estimate of drug-likeness (QED) is 0.665. The molecule has 0 fully saturated rings. The van der Waals surface area contributed by atoms with Crippen LogP contribution in [0, 0.1) is 0 Å². The fourth-order valence-electron chi connectivity index (χ4n) is 3.01. The van der Waals surface area contributed by atoms with Gasteiger partial charge >= 0.3 is 11.9 Å². The fraction of sp³-hybridized carbons (Fsp3) is 0.400. The molecule has 2 aromatic rings. The van der Waals surface area contributed by atoms with Gasteiger partial charge in [0.15, 0.2) is 11.4 Å². The second-order valence-corrected chi connectivity index (χ2v) is 8.32.